The second-order valence-electron chi connectivity index (χ2n) is 5.87. The maximum atomic E-state index is 12.5. The molecule has 1 aromatic rings. The van der Waals surface area contributed by atoms with E-state index in [1.54, 1.807) is 6.07 Å². The number of nitrogens with two attached hydrogens (primary N) is 1. The zero-order valence-corrected chi connectivity index (χ0v) is 12.5. The molecule has 1 saturated carbocycles. The van der Waals surface area contributed by atoms with Crippen LogP contribution in [-0.4, -0.2) is 14.5 Å². The summed E-state index contributed by atoms with van der Waals surface area (Å²) in [6.07, 6.45) is 1.58. The zero-order chi connectivity index (χ0) is 14.3. The number of aryl methyl sites for hydroxylation is 1. The first-order valence-electron chi connectivity index (χ1n) is 6.64. The highest BCUT2D eigenvalue weighted by Gasteiger charge is 2.48. The number of benzene rings is 1. The Balaban J connectivity index is 2.33. The van der Waals surface area contributed by atoms with Crippen molar-refractivity contribution in [2.75, 3.05) is 0 Å². The number of hydrogen-bond acceptors (Lipinski definition) is 3. The van der Waals surface area contributed by atoms with Crippen LogP contribution in [0.1, 0.15) is 38.3 Å². The van der Waals surface area contributed by atoms with E-state index < -0.39 is 10.0 Å². The van der Waals surface area contributed by atoms with Gasteiger partial charge >= 0.3 is 0 Å². The van der Waals surface area contributed by atoms with Crippen LogP contribution in [0.5, 0.6) is 0 Å². The van der Waals surface area contributed by atoms with E-state index in [1.165, 1.54) is 0 Å². The number of sulfonamides is 1. The third-order valence-electron chi connectivity index (χ3n) is 3.85. The summed E-state index contributed by atoms with van der Waals surface area (Å²) < 4.78 is 27.7. The fourth-order valence-corrected chi connectivity index (χ4v) is 3.96. The smallest absolute Gasteiger partial charge is 0.241 e. The molecule has 5 heteroatoms. The van der Waals surface area contributed by atoms with E-state index in [0.29, 0.717) is 17.9 Å². The van der Waals surface area contributed by atoms with Gasteiger partial charge in [-0.3, -0.25) is 0 Å². The molecule has 1 atom stereocenters. The summed E-state index contributed by atoms with van der Waals surface area (Å²) in [7, 11) is -3.45. The average Bonchev–Trinajstić information content (AvgIpc) is 2.94. The van der Waals surface area contributed by atoms with E-state index in [1.807, 2.05) is 19.1 Å². The average molecular weight is 282 g/mol. The molecule has 1 fully saturated rings. The summed E-state index contributed by atoms with van der Waals surface area (Å²) in [5.41, 5.74) is 7.35. The molecule has 0 aromatic heterocycles. The van der Waals surface area contributed by atoms with Crippen molar-refractivity contribution in [3.8, 4) is 0 Å². The molecule has 0 amide bonds. The van der Waals surface area contributed by atoms with Crippen LogP contribution >= 0.6 is 0 Å². The molecule has 0 spiro atoms. The minimum atomic E-state index is -3.45. The van der Waals surface area contributed by atoms with E-state index in [2.05, 4.69) is 18.6 Å². The normalized spacial score (nSPS) is 21.4. The number of nitrogens with one attached hydrogen (secondary N) is 1. The highest BCUT2D eigenvalue weighted by atomic mass is 32.2. The first kappa shape index (κ1) is 14.5. The second-order valence-corrected chi connectivity index (χ2v) is 7.55. The van der Waals surface area contributed by atoms with Crippen molar-refractivity contribution in [3.05, 3.63) is 29.3 Å². The summed E-state index contributed by atoms with van der Waals surface area (Å²) in [4.78, 5) is 0.376. The molecule has 3 N–H and O–H groups in total. The number of rotatable bonds is 5. The molecule has 4 nitrogen and oxygen atoms in total. The van der Waals surface area contributed by atoms with Gasteiger partial charge in [-0.25, -0.2) is 13.1 Å². The van der Waals surface area contributed by atoms with Crippen LogP contribution in [0.25, 0.3) is 0 Å². The third kappa shape index (κ3) is 2.99. The lowest BCUT2D eigenvalue weighted by Gasteiger charge is -2.13. The van der Waals surface area contributed by atoms with E-state index >= 15 is 0 Å². The molecule has 106 valence electrons. The third-order valence-corrected chi connectivity index (χ3v) is 5.40. The maximum absolute atomic E-state index is 12.5. The summed E-state index contributed by atoms with van der Waals surface area (Å²) in [5.74, 6) is 0. The van der Waals surface area contributed by atoms with Gasteiger partial charge in [0.2, 0.25) is 10.0 Å². The first-order valence-corrected chi connectivity index (χ1v) is 8.12. The predicted octanol–water partition coefficient (Wildman–Crippen LogP) is 1.78. The lowest BCUT2D eigenvalue weighted by atomic mass is 10.1. The standard InChI is InChI=1S/C14H22N2O2S/c1-4-11-6-5-10(9-15)7-12(11)19(17,18)16-13-8-14(13,2)3/h5-7,13,16H,4,8-9,15H2,1-3H3. The van der Waals surface area contributed by atoms with Crippen molar-refractivity contribution in [2.24, 2.45) is 11.1 Å². The molecular formula is C14H22N2O2S. The van der Waals surface area contributed by atoms with Gasteiger partial charge in [-0.2, -0.15) is 0 Å². The second kappa shape index (κ2) is 4.89. The van der Waals surface area contributed by atoms with Gasteiger partial charge in [0.1, 0.15) is 0 Å². The van der Waals surface area contributed by atoms with Gasteiger partial charge < -0.3 is 5.73 Å². The first-order chi connectivity index (χ1) is 8.80. The predicted molar refractivity (Wildman–Crippen MR) is 76.2 cm³/mol. The molecule has 2 rings (SSSR count). The van der Waals surface area contributed by atoms with Crippen molar-refractivity contribution in [1.29, 1.82) is 0 Å². The minimum Gasteiger partial charge on any atom is -0.326 e. The topological polar surface area (TPSA) is 72.2 Å². The van der Waals surface area contributed by atoms with Crippen molar-refractivity contribution < 1.29 is 8.42 Å². The van der Waals surface area contributed by atoms with Crippen LogP contribution in [0.4, 0.5) is 0 Å². The highest BCUT2D eigenvalue weighted by Crippen LogP contribution is 2.45. The molecule has 1 unspecified atom stereocenters. The van der Waals surface area contributed by atoms with Gasteiger partial charge in [0, 0.05) is 12.6 Å². The fraction of sp³-hybridized carbons (Fsp3) is 0.571. The lowest BCUT2D eigenvalue weighted by Crippen LogP contribution is -2.29. The van der Waals surface area contributed by atoms with Gasteiger partial charge in [0.05, 0.1) is 4.90 Å². The van der Waals surface area contributed by atoms with E-state index in [-0.39, 0.29) is 11.5 Å². The van der Waals surface area contributed by atoms with Crippen LogP contribution in [0, 0.1) is 5.41 Å². The Morgan fingerprint density at radius 1 is 1.42 bits per heavy atom. The summed E-state index contributed by atoms with van der Waals surface area (Å²) in [6.45, 7) is 6.44. The van der Waals surface area contributed by atoms with E-state index in [9.17, 15) is 8.42 Å². The summed E-state index contributed by atoms with van der Waals surface area (Å²) in [6, 6.07) is 5.48. The fourth-order valence-electron chi connectivity index (χ4n) is 2.19. The Hall–Kier alpha value is -0.910. The van der Waals surface area contributed by atoms with Gasteiger partial charge in [-0.15, -0.1) is 0 Å². The molecule has 0 aliphatic heterocycles. The molecule has 19 heavy (non-hydrogen) atoms. The Bertz CT molecular complexity index is 579. The molecule has 1 aromatic carbocycles. The maximum Gasteiger partial charge on any atom is 0.241 e. The Morgan fingerprint density at radius 3 is 2.53 bits per heavy atom. The SMILES string of the molecule is CCc1ccc(CN)cc1S(=O)(=O)NC1CC1(C)C. The Labute approximate surface area is 115 Å². The molecule has 0 bridgehead atoms. The summed E-state index contributed by atoms with van der Waals surface area (Å²) in [5, 5.41) is 0. The molecule has 0 radical (unpaired) electrons. The van der Waals surface area contributed by atoms with Crippen molar-refractivity contribution in [3.63, 3.8) is 0 Å². The van der Waals surface area contributed by atoms with Crippen molar-refractivity contribution in [1.82, 2.24) is 4.72 Å². The van der Waals surface area contributed by atoms with Gasteiger partial charge in [-0.05, 0) is 35.4 Å². The Morgan fingerprint density at radius 2 is 2.05 bits per heavy atom. The highest BCUT2D eigenvalue weighted by molar-refractivity contribution is 7.89. The van der Waals surface area contributed by atoms with Crippen LogP contribution in [0.15, 0.2) is 23.1 Å². The van der Waals surface area contributed by atoms with Crippen LogP contribution in [0.2, 0.25) is 0 Å². The minimum absolute atomic E-state index is 0.0451. The summed E-state index contributed by atoms with van der Waals surface area (Å²) >= 11 is 0. The quantitative estimate of drug-likeness (QED) is 0.864. The number of hydrogen-bond donors (Lipinski definition) is 2. The molecule has 0 saturated heterocycles. The zero-order valence-electron chi connectivity index (χ0n) is 11.7. The van der Waals surface area contributed by atoms with Gasteiger partial charge in [0.25, 0.3) is 0 Å². The Kier molecular flexibility index (Phi) is 3.73. The molecule has 0 heterocycles. The van der Waals surface area contributed by atoms with Crippen LogP contribution < -0.4 is 10.5 Å². The largest absolute Gasteiger partial charge is 0.326 e. The molecule has 1 aliphatic rings. The van der Waals surface area contributed by atoms with Gasteiger partial charge in [-0.1, -0.05) is 32.9 Å². The molecular weight excluding hydrogens is 260 g/mol. The van der Waals surface area contributed by atoms with E-state index in [4.69, 9.17) is 5.73 Å². The van der Waals surface area contributed by atoms with Crippen molar-refractivity contribution in [2.45, 2.75) is 51.1 Å². The van der Waals surface area contributed by atoms with Crippen LogP contribution in [0.3, 0.4) is 0 Å². The van der Waals surface area contributed by atoms with E-state index in [0.717, 1.165) is 17.5 Å². The van der Waals surface area contributed by atoms with Crippen molar-refractivity contribution >= 4 is 10.0 Å². The van der Waals surface area contributed by atoms with Crippen LogP contribution in [-0.2, 0) is 23.0 Å². The lowest BCUT2D eigenvalue weighted by molar-refractivity contribution is 0.554. The van der Waals surface area contributed by atoms with Gasteiger partial charge in [0.15, 0.2) is 0 Å². The monoisotopic (exact) mass is 282 g/mol. The molecule has 1 aliphatic carbocycles.